The maximum absolute atomic E-state index is 6.46. The van der Waals surface area contributed by atoms with Crippen LogP contribution in [0.2, 0.25) is 0 Å². The molecule has 0 bridgehead atoms. The number of hydrogen-bond acceptors (Lipinski definition) is 1. The molecule has 0 radical (unpaired) electrons. The van der Waals surface area contributed by atoms with E-state index in [0.717, 1.165) is 11.1 Å². The standard InChI is InChI=1S/C26H19N/c27-25-17-24-22(21-13-7-8-14-23(21)25)16-15-20(18-9-3-1-4-10-18)26(24)19-11-5-2-6-12-19/h1-17H,27H2. The first-order chi connectivity index (χ1) is 13.3. The Morgan fingerprint density at radius 1 is 0.444 bits per heavy atom. The lowest BCUT2D eigenvalue weighted by Crippen LogP contribution is -1.92. The Balaban J connectivity index is 1.96. The minimum Gasteiger partial charge on any atom is -0.398 e. The van der Waals surface area contributed by atoms with Crippen molar-refractivity contribution in [1.82, 2.24) is 0 Å². The highest BCUT2D eigenvalue weighted by atomic mass is 14.6. The van der Waals surface area contributed by atoms with Gasteiger partial charge in [0.2, 0.25) is 0 Å². The normalized spacial score (nSPS) is 11.1. The van der Waals surface area contributed by atoms with Crippen LogP contribution in [0.15, 0.2) is 103 Å². The molecule has 1 heteroatoms. The van der Waals surface area contributed by atoms with Gasteiger partial charge in [-0.15, -0.1) is 0 Å². The Morgan fingerprint density at radius 3 is 1.70 bits per heavy atom. The van der Waals surface area contributed by atoms with Gasteiger partial charge in [-0.05, 0) is 44.5 Å². The summed E-state index contributed by atoms with van der Waals surface area (Å²) in [6.45, 7) is 0. The Morgan fingerprint density at radius 2 is 1.00 bits per heavy atom. The third-order valence-corrected chi connectivity index (χ3v) is 5.22. The highest BCUT2D eigenvalue weighted by Crippen LogP contribution is 2.41. The molecule has 0 aliphatic rings. The quantitative estimate of drug-likeness (QED) is 0.273. The van der Waals surface area contributed by atoms with Gasteiger partial charge in [-0.2, -0.15) is 0 Å². The van der Waals surface area contributed by atoms with Crippen molar-refractivity contribution in [3.63, 3.8) is 0 Å². The zero-order chi connectivity index (χ0) is 18.2. The zero-order valence-corrected chi connectivity index (χ0v) is 14.9. The molecule has 0 saturated carbocycles. The second-order valence-electron chi connectivity index (χ2n) is 6.83. The smallest absolute Gasteiger partial charge is 0.0400 e. The van der Waals surface area contributed by atoms with Crippen LogP contribution in [0.4, 0.5) is 5.69 Å². The van der Waals surface area contributed by atoms with Crippen LogP contribution in [-0.4, -0.2) is 0 Å². The minimum absolute atomic E-state index is 0.820. The van der Waals surface area contributed by atoms with E-state index in [-0.39, 0.29) is 0 Å². The van der Waals surface area contributed by atoms with Crippen LogP contribution in [0.25, 0.3) is 43.8 Å². The van der Waals surface area contributed by atoms with Gasteiger partial charge in [0, 0.05) is 11.1 Å². The number of nitrogens with two attached hydrogens (primary N) is 1. The van der Waals surface area contributed by atoms with Gasteiger partial charge in [-0.25, -0.2) is 0 Å². The van der Waals surface area contributed by atoms with Crippen molar-refractivity contribution in [2.24, 2.45) is 0 Å². The van der Waals surface area contributed by atoms with Crippen molar-refractivity contribution in [2.45, 2.75) is 0 Å². The third-order valence-electron chi connectivity index (χ3n) is 5.22. The number of fused-ring (bicyclic) bond motifs is 3. The summed E-state index contributed by atoms with van der Waals surface area (Å²) in [7, 11) is 0. The Kier molecular flexibility index (Phi) is 3.65. The second kappa shape index (κ2) is 6.30. The number of anilines is 1. The van der Waals surface area contributed by atoms with Crippen molar-refractivity contribution >= 4 is 27.2 Å². The third kappa shape index (κ3) is 2.56. The molecule has 27 heavy (non-hydrogen) atoms. The molecular formula is C26H19N. The molecule has 128 valence electrons. The fourth-order valence-corrected chi connectivity index (χ4v) is 3.98. The summed E-state index contributed by atoms with van der Waals surface area (Å²) in [5.74, 6) is 0. The van der Waals surface area contributed by atoms with Crippen LogP contribution >= 0.6 is 0 Å². The van der Waals surface area contributed by atoms with Gasteiger partial charge >= 0.3 is 0 Å². The number of hydrogen-bond donors (Lipinski definition) is 1. The summed E-state index contributed by atoms with van der Waals surface area (Å²) in [6, 6.07) is 36.1. The number of benzene rings is 5. The van der Waals surface area contributed by atoms with Gasteiger partial charge in [0.1, 0.15) is 0 Å². The first-order valence-corrected chi connectivity index (χ1v) is 9.18. The predicted octanol–water partition coefficient (Wildman–Crippen LogP) is 6.91. The molecule has 5 rings (SSSR count). The van der Waals surface area contributed by atoms with E-state index in [2.05, 4.69) is 97.1 Å². The summed E-state index contributed by atoms with van der Waals surface area (Å²) in [5.41, 5.74) is 12.2. The zero-order valence-electron chi connectivity index (χ0n) is 14.9. The highest BCUT2D eigenvalue weighted by Gasteiger charge is 2.14. The van der Waals surface area contributed by atoms with Crippen molar-refractivity contribution in [3.8, 4) is 22.3 Å². The number of rotatable bonds is 2. The van der Waals surface area contributed by atoms with E-state index in [0.29, 0.717) is 0 Å². The van der Waals surface area contributed by atoms with Gasteiger partial charge in [-0.3, -0.25) is 0 Å². The first-order valence-electron chi connectivity index (χ1n) is 9.18. The van der Waals surface area contributed by atoms with E-state index < -0.39 is 0 Å². The van der Waals surface area contributed by atoms with E-state index in [4.69, 9.17) is 5.73 Å². The molecular weight excluding hydrogens is 326 g/mol. The van der Waals surface area contributed by atoms with Crippen molar-refractivity contribution in [3.05, 3.63) is 103 Å². The average molecular weight is 345 g/mol. The lowest BCUT2D eigenvalue weighted by molar-refractivity contribution is 1.61. The molecule has 0 aromatic heterocycles. The second-order valence-corrected chi connectivity index (χ2v) is 6.83. The summed E-state index contributed by atoms with van der Waals surface area (Å²) in [5, 5.41) is 4.73. The average Bonchev–Trinajstić information content (AvgIpc) is 2.74. The summed E-state index contributed by atoms with van der Waals surface area (Å²) < 4.78 is 0. The monoisotopic (exact) mass is 345 g/mol. The van der Waals surface area contributed by atoms with Crippen LogP contribution < -0.4 is 5.73 Å². The molecule has 5 aromatic carbocycles. The van der Waals surface area contributed by atoms with Gasteiger partial charge < -0.3 is 5.73 Å². The molecule has 5 aromatic rings. The lowest BCUT2D eigenvalue weighted by atomic mass is 9.88. The van der Waals surface area contributed by atoms with Crippen LogP contribution in [0, 0.1) is 0 Å². The van der Waals surface area contributed by atoms with Gasteiger partial charge in [0.15, 0.2) is 0 Å². The van der Waals surface area contributed by atoms with Crippen LogP contribution in [-0.2, 0) is 0 Å². The van der Waals surface area contributed by atoms with Crippen LogP contribution in [0.5, 0.6) is 0 Å². The van der Waals surface area contributed by atoms with Crippen LogP contribution in [0.3, 0.4) is 0 Å². The van der Waals surface area contributed by atoms with Gasteiger partial charge in [-0.1, -0.05) is 97.1 Å². The molecule has 0 unspecified atom stereocenters. The topological polar surface area (TPSA) is 26.0 Å². The van der Waals surface area contributed by atoms with Gasteiger partial charge in [0.25, 0.3) is 0 Å². The van der Waals surface area contributed by atoms with E-state index in [1.54, 1.807) is 0 Å². The molecule has 2 N–H and O–H groups in total. The van der Waals surface area contributed by atoms with Crippen molar-refractivity contribution in [1.29, 1.82) is 0 Å². The molecule has 0 fully saturated rings. The fraction of sp³-hybridized carbons (Fsp3) is 0. The van der Waals surface area contributed by atoms with E-state index in [1.807, 2.05) is 6.07 Å². The summed E-state index contributed by atoms with van der Waals surface area (Å²) in [6.07, 6.45) is 0. The number of nitrogen functional groups attached to an aromatic ring is 1. The van der Waals surface area contributed by atoms with Crippen molar-refractivity contribution < 1.29 is 0 Å². The first kappa shape index (κ1) is 15.7. The fourth-order valence-electron chi connectivity index (χ4n) is 3.98. The van der Waals surface area contributed by atoms with E-state index in [1.165, 1.54) is 38.4 Å². The maximum atomic E-state index is 6.46. The molecule has 0 amide bonds. The van der Waals surface area contributed by atoms with E-state index >= 15 is 0 Å². The molecule has 0 atom stereocenters. The SMILES string of the molecule is Nc1cc2c(-c3ccccc3)c(-c3ccccc3)ccc2c2ccccc12. The predicted molar refractivity (Wildman–Crippen MR) is 117 cm³/mol. The lowest BCUT2D eigenvalue weighted by Gasteiger charge is -2.16. The van der Waals surface area contributed by atoms with E-state index in [9.17, 15) is 0 Å². The highest BCUT2D eigenvalue weighted by molar-refractivity contribution is 6.18. The largest absolute Gasteiger partial charge is 0.398 e. The molecule has 0 spiro atoms. The molecule has 0 heterocycles. The van der Waals surface area contributed by atoms with Crippen LogP contribution in [0.1, 0.15) is 0 Å². The molecule has 0 saturated heterocycles. The summed E-state index contributed by atoms with van der Waals surface area (Å²) >= 11 is 0. The summed E-state index contributed by atoms with van der Waals surface area (Å²) in [4.78, 5) is 0. The van der Waals surface area contributed by atoms with Crippen molar-refractivity contribution in [2.75, 3.05) is 5.73 Å². The van der Waals surface area contributed by atoms with Gasteiger partial charge in [0.05, 0.1) is 0 Å². The minimum atomic E-state index is 0.820. The molecule has 1 nitrogen and oxygen atoms in total. The Bertz CT molecular complexity index is 1260. The molecule has 0 aliphatic heterocycles. The Labute approximate surface area is 158 Å². The Hall–Kier alpha value is -3.58. The maximum Gasteiger partial charge on any atom is 0.0400 e. The molecule has 0 aliphatic carbocycles.